The third-order valence-corrected chi connectivity index (χ3v) is 5.45. The number of rotatable bonds is 8. The van der Waals surface area contributed by atoms with Gasteiger partial charge in [-0.2, -0.15) is 4.98 Å². The number of methoxy groups -OCH3 is 1. The quantitative estimate of drug-likeness (QED) is 0.402. The first-order chi connectivity index (χ1) is 16.6. The van der Waals surface area contributed by atoms with Crippen molar-refractivity contribution in [2.24, 2.45) is 0 Å². The fraction of sp³-hybridized carbons (Fsp3) is 0.208. The Balaban J connectivity index is 1.34. The van der Waals surface area contributed by atoms with Gasteiger partial charge in [-0.15, -0.1) is 0 Å². The normalized spacial score (nSPS) is 13.0. The van der Waals surface area contributed by atoms with Gasteiger partial charge in [0.2, 0.25) is 24.4 Å². The maximum absolute atomic E-state index is 12.9. The lowest BCUT2D eigenvalue weighted by atomic mass is 9.87. The Hall–Kier alpha value is -4.47. The van der Waals surface area contributed by atoms with Crippen molar-refractivity contribution < 1.29 is 33.1 Å². The molecule has 0 fully saturated rings. The molecule has 3 heterocycles. The molecule has 2 N–H and O–H groups in total. The zero-order valence-corrected chi connectivity index (χ0v) is 18.2. The van der Waals surface area contributed by atoms with Crippen molar-refractivity contribution in [3.05, 3.63) is 71.8 Å². The number of hydrogen-bond acceptors (Lipinski definition) is 9. The minimum atomic E-state index is -0.457. The molecule has 1 amide bonds. The number of aromatic hydroxyl groups is 1. The number of phenols is 1. The van der Waals surface area contributed by atoms with Gasteiger partial charge in [0.1, 0.15) is 11.5 Å². The number of fused-ring (bicyclic) bond motifs is 1. The molecule has 1 unspecified atom stereocenters. The number of nitrogens with one attached hydrogen (secondary N) is 1. The number of benzene rings is 2. The number of nitrogens with zero attached hydrogens (tertiary/aromatic N) is 2. The van der Waals surface area contributed by atoms with Crippen molar-refractivity contribution in [2.75, 3.05) is 13.9 Å². The van der Waals surface area contributed by atoms with Crippen LogP contribution in [0.3, 0.4) is 0 Å². The zero-order chi connectivity index (χ0) is 23.5. The molecule has 0 aliphatic carbocycles. The van der Waals surface area contributed by atoms with E-state index in [1.54, 1.807) is 37.4 Å². The summed E-state index contributed by atoms with van der Waals surface area (Å²) in [6.45, 7) is 0.130. The number of hydrogen-bond donors (Lipinski definition) is 2. The molecule has 0 radical (unpaired) electrons. The number of carbonyl (C=O) groups is 1. The highest BCUT2D eigenvalue weighted by Crippen LogP contribution is 2.43. The molecule has 4 aromatic rings. The zero-order valence-electron chi connectivity index (χ0n) is 18.2. The molecule has 0 saturated heterocycles. The van der Waals surface area contributed by atoms with Gasteiger partial charge < -0.3 is 33.6 Å². The average Bonchev–Trinajstić information content (AvgIpc) is 3.62. The monoisotopic (exact) mass is 463 g/mol. The predicted octanol–water partition coefficient (Wildman–Crippen LogP) is 3.61. The molecule has 174 valence electrons. The van der Waals surface area contributed by atoms with E-state index in [0.29, 0.717) is 34.4 Å². The van der Waals surface area contributed by atoms with Gasteiger partial charge in [-0.25, -0.2) is 0 Å². The Morgan fingerprint density at radius 2 is 1.97 bits per heavy atom. The molecular weight excluding hydrogens is 442 g/mol. The molecule has 10 nitrogen and oxygen atoms in total. The van der Waals surface area contributed by atoms with Crippen molar-refractivity contribution in [1.29, 1.82) is 0 Å². The summed E-state index contributed by atoms with van der Waals surface area (Å²) in [4.78, 5) is 17.1. The summed E-state index contributed by atoms with van der Waals surface area (Å²) >= 11 is 0. The summed E-state index contributed by atoms with van der Waals surface area (Å²) in [6.07, 6.45) is 1.57. The van der Waals surface area contributed by atoms with Crippen LogP contribution < -0.4 is 19.5 Å². The SMILES string of the molecule is COc1ccc(C(CC(=O)NCc2nc(-c3ccco3)no2)c2cc3c(cc2O)OCO3)cc1. The predicted molar refractivity (Wildman–Crippen MR) is 118 cm³/mol. The second kappa shape index (κ2) is 9.18. The summed E-state index contributed by atoms with van der Waals surface area (Å²) in [6, 6.07) is 14.0. The van der Waals surface area contributed by atoms with Crippen LogP contribution in [0.5, 0.6) is 23.0 Å². The number of ether oxygens (including phenoxy) is 3. The average molecular weight is 463 g/mol. The molecule has 1 atom stereocenters. The van der Waals surface area contributed by atoms with Gasteiger partial charge in [-0.1, -0.05) is 17.3 Å². The highest BCUT2D eigenvalue weighted by Gasteiger charge is 2.26. The summed E-state index contributed by atoms with van der Waals surface area (Å²) in [5.74, 6) is 1.97. The Labute approximate surface area is 194 Å². The third-order valence-electron chi connectivity index (χ3n) is 5.45. The van der Waals surface area contributed by atoms with Crippen LogP contribution in [0, 0.1) is 0 Å². The third kappa shape index (κ3) is 4.38. The Kier molecular flexibility index (Phi) is 5.77. The van der Waals surface area contributed by atoms with Gasteiger partial charge in [-0.05, 0) is 35.9 Å². The second-order valence-electron chi connectivity index (χ2n) is 7.56. The summed E-state index contributed by atoms with van der Waals surface area (Å²) in [5.41, 5.74) is 1.37. The van der Waals surface area contributed by atoms with Gasteiger partial charge in [0.05, 0.1) is 19.9 Å². The number of aromatic nitrogens is 2. The first kappa shape index (κ1) is 21.4. The summed E-state index contributed by atoms with van der Waals surface area (Å²) < 4.78 is 26.5. The maximum atomic E-state index is 12.9. The van der Waals surface area contributed by atoms with Crippen molar-refractivity contribution in [1.82, 2.24) is 15.5 Å². The van der Waals surface area contributed by atoms with Gasteiger partial charge in [0.15, 0.2) is 17.3 Å². The van der Waals surface area contributed by atoms with Crippen LogP contribution in [0.4, 0.5) is 0 Å². The van der Waals surface area contributed by atoms with E-state index in [1.807, 2.05) is 12.1 Å². The second-order valence-corrected chi connectivity index (χ2v) is 7.56. The standard InChI is InChI=1S/C24H21N3O7/c1-30-15-6-4-14(5-7-15)16(17-9-20-21(11-18(17)28)33-13-32-20)10-22(29)25-12-23-26-24(27-34-23)19-3-2-8-31-19/h2-9,11,16,28H,10,12-13H2,1H3,(H,25,29). The van der Waals surface area contributed by atoms with Crippen LogP contribution in [-0.4, -0.2) is 35.1 Å². The van der Waals surface area contributed by atoms with Gasteiger partial charge >= 0.3 is 0 Å². The van der Waals surface area contributed by atoms with Crippen molar-refractivity contribution in [2.45, 2.75) is 18.9 Å². The van der Waals surface area contributed by atoms with Crippen molar-refractivity contribution in [3.63, 3.8) is 0 Å². The van der Waals surface area contributed by atoms with Crippen molar-refractivity contribution in [3.8, 4) is 34.6 Å². The molecular formula is C24H21N3O7. The first-order valence-corrected chi connectivity index (χ1v) is 10.5. The Morgan fingerprint density at radius 1 is 1.18 bits per heavy atom. The Morgan fingerprint density at radius 3 is 2.71 bits per heavy atom. The lowest BCUT2D eigenvalue weighted by Gasteiger charge is -2.19. The number of amides is 1. The highest BCUT2D eigenvalue weighted by molar-refractivity contribution is 5.78. The fourth-order valence-corrected chi connectivity index (χ4v) is 3.73. The molecule has 2 aromatic heterocycles. The molecule has 0 spiro atoms. The minimum absolute atomic E-state index is 0.0119. The molecule has 5 rings (SSSR count). The fourth-order valence-electron chi connectivity index (χ4n) is 3.73. The van der Waals surface area contributed by atoms with Crippen LogP contribution in [0.1, 0.15) is 29.4 Å². The molecule has 10 heteroatoms. The Bertz CT molecular complexity index is 1280. The van der Waals surface area contributed by atoms with E-state index in [0.717, 1.165) is 5.56 Å². The van der Waals surface area contributed by atoms with E-state index in [1.165, 1.54) is 12.3 Å². The van der Waals surface area contributed by atoms with E-state index in [2.05, 4.69) is 15.5 Å². The van der Waals surface area contributed by atoms with Crippen LogP contribution >= 0.6 is 0 Å². The van der Waals surface area contributed by atoms with Crippen LogP contribution in [0.15, 0.2) is 63.7 Å². The smallest absolute Gasteiger partial charge is 0.246 e. The molecule has 1 aliphatic heterocycles. The van der Waals surface area contributed by atoms with Gasteiger partial charge in [0, 0.05) is 24.0 Å². The van der Waals surface area contributed by atoms with E-state index >= 15 is 0 Å². The number of carbonyl (C=O) groups excluding carboxylic acids is 1. The molecule has 2 aromatic carbocycles. The summed E-state index contributed by atoms with van der Waals surface area (Å²) in [7, 11) is 1.58. The maximum Gasteiger partial charge on any atom is 0.246 e. The van der Waals surface area contributed by atoms with E-state index < -0.39 is 5.92 Å². The minimum Gasteiger partial charge on any atom is -0.508 e. The van der Waals surface area contributed by atoms with Crippen LogP contribution in [0.2, 0.25) is 0 Å². The van der Waals surface area contributed by atoms with Gasteiger partial charge in [-0.3, -0.25) is 4.79 Å². The van der Waals surface area contributed by atoms with E-state index in [-0.39, 0.29) is 37.3 Å². The van der Waals surface area contributed by atoms with E-state index in [9.17, 15) is 9.90 Å². The molecule has 0 bridgehead atoms. The first-order valence-electron chi connectivity index (χ1n) is 10.5. The largest absolute Gasteiger partial charge is 0.508 e. The topological polar surface area (TPSA) is 129 Å². The number of phenolic OH excluding ortho intramolecular Hbond substituents is 1. The van der Waals surface area contributed by atoms with Crippen LogP contribution in [-0.2, 0) is 11.3 Å². The molecule has 0 saturated carbocycles. The lowest BCUT2D eigenvalue weighted by molar-refractivity contribution is -0.121. The van der Waals surface area contributed by atoms with Crippen LogP contribution in [0.25, 0.3) is 11.6 Å². The number of furan rings is 1. The summed E-state index contributed by atoms with van der Waals surface area (Å²) in [5, 5.41) is 17.3. The van der Waals surface area contributed by atoms with Crippen molar-refractivity contribution >= 4 is 5.91 Å². The highest BCUT2D eigenvalue weighted by atomic mass is 16.7. The van der Waals surface area contributed by atoms with Gasteiger partial charge in [0.25, 0.3) is 0 Å². The van der Waals surface area contributed by atoms with E-state index in [4.69, 9.17) is 23.2 Å². The molecule has 1 aliphatic rings. The molecule has 34 heavy (non-hydrogen) atoms. The lowest BCUT2D eigenvalue weighted by Crippen LogP contribution is -2.25.